The SMILES string of the molecule is CCCCC1=N[C@](C)(CC2CCCCC2)C(=O)N1. The number of hydrogen-bond donors (Lipinski definition) is 1. The minimum atomic E-state index is -0.481. The van der Waals surface area contributed by atoms with Crippen LogP contribution in [0.4, 0.5) is 0 Å². The lowest BCUT2D eigenvalue weighted by atomic mass is 9.80. The van der Waals surface area contributed by atoms with Crippen molar-refractivity contribution in [3.63, 3.8) is 0 Å². The fourth-order valence-electron chi connectivity index (χ4n) is 3.20. The molecule has 1 fully saturated rings. The van der Waals surface area contributed by atoms with Crippen molar-refractivity contribution in [1.29, 1.82) is 0 Å². The fraction of sp³-hybridized carbons (Fsp3) is 0.867. The highest BCUT2D eigenvalue weighted by Crippen LogP contribution is 2.34. The molecule has 1 heterocycles. The van der Waals surface area contributed by atoms with Crippen molar-refractivity contribution in [2.45, 2.75) is 77.2 Å². The van der Waals surface area contributed by atoms with Crippen LogP contribution in [0.25, 0.3) is 0 Å². The molecule has 0 unspecified atom stereocenters. The van der Waals surface area contributed by atoms with Crippen molar-refractivity contribution in [3.8, 4) is 0 Å². The molecule has 0 spiro atoms. The molecule has 2 aliphatic rings. The summed E-state index contributed by atoms with van der Waals surface area (Å²) in [6.45, 7) is 4.18. The summed E-state index contributed by atoms with van der Waals surface area (Å²) >= 11 is 0. The first-order valence-electron chi connectivity index (χ1n) is 7.54. The standard InChI is InChI=1S/C15H26N2O/c1-3-4-10-13-16-14(18)15(2,17-13)11-12-8-6-5-7-9-12/h12H,3-11H2,1-2H3,(H,16,17,18)/t15-/m1/s1. The fourth-order valence-corrected chi connectivity index (χ4v) is 3.20. The van der Waals surface area contributed by atoms with E-state index in [1.807, 2.05) is 6.92 Å². The van der Waals surface area contributed by atoms with Crippen LogP contribution in [0.5, 0.6) is 0 Å². The highest BCUT2D eigenvalue weighted by molar-refractivity contribution is 6.07. The number of amides is 1. The molecule has 1 atom stereocenters. The molecule has 1 saturated carbocycles. The summed E-state index contributed by atoms with van der Waals surface area (Å²) in [6.07, 6.45) is 10.7. The van der Waals surface area contributed by atoms with Gasteiger partial charge < -0.3 is 5.32 Å². The highest BCUT2D eigenvalue weighted by Gasteiger charge is 2.40. The number of aliphatic imine (C=N–C) groups is 1. The third-order valence-corrected chi connectivity index (χ3v) is 4.31. The summed E-state index contributed by atoms with van der Waals surface area (Å²) in [6, 6.07) is 0. The molecule has 1 aliphatic carbocycles. The number of carbonyl (C=O) groups is 1. The van der Waals surface area contributed by atoms with Gasteiger partial charge in [-0.2, -0.15) is 0 Å². The minimum Gasteiger partial charge on any atom is -0.312 e. The zero-order valence-electron chi connectivity index (χ0n) is 11.8. The van der Waals surface area contributed by atoms with Gasteiger partial charge in [0.2, 0.25) is 0 Å². The molecule has 0 radical (unpaired) electrons. The van der Waals surface area contributed by atoms with E-state index in [9.17, 15) is 4.79 Å². The topological polar surface area (TPSA) is 41.5 Å². The normalized spacial score (nSPS) is 29.2. The molecule has 1 amide bonds. The summed E-state index contributed by atoms with van der Waals surface area (Å²) in [5, 5.41) is 2.98. The smallest absolute Gasteiger partial charge is 0.252 e. The highest BCUT2D eigenvalue weighted by atomic mass is 16.2. The Hall–Kier alpha value is -0.860. The van der Waals surface area contributed by atoms with Crippen LogP contribution in [-0.2, 0) is 4.79 Å². The van der Waals surface area contributed by atoms with Crippen LogP contribution in [0.3, 0.4) is 0 Å². The van der Waals surface area contributed by atoms with Crippen LogP contribution in [0, 0.1) is 5.92 Å². The van der Waals surface area contributed by atoms with E-state index in [1.165, 1.54) is 32.1 Å². The molecule has 0 aromatic rings. The van der Waals surface area contributed by atoms with Crippen molar-refractivity contribution < 1.29 is 4.79 Å². The maximum absolute atomic E-state index is 12.1. The van der Waals surface area contributed by atoms with Crippen LogP contribution in [0.15, 0.2) is 4.99 Å². The largest absolute Gasteiger partial charge is 0.312 e. The lowest BCUT2D eigenvalue weighted by Gasteiger charge is -2.27. The predicted molar refractivity (Wildman–Crippen MR) is 74.7 cm³/mol. The Bertz CT molecular complexity index is 331. The number of nitrogens with zero attached hydrogens (tertiary/aromatic N) is 1. The van der Waals surface area contributed by atoms with Gasteiger partial charge in [-0.25, -0.2) is 0 Å². The van der Waals surface area contributed by atoms with Gasteiger partial charge in [-0.1, -0.05) is 45.4 Å². The van der Waals surface area contributed by atoms with Crippen molar-refractivity contribution in [2.75, 3.05) is 0 Å². The number of carbonyl (C=O) groups excluding carboxylic acids is 1. The van der Waals surface area contributed by atoms with Gasteiger partial charge in [-0.3, -0.25) is 9.79 Å². The summed E-state index contributed by atoms with van der Waals surface area (Å²) in [4.78, 5) is 16.8. The monoisotopic (exact) mass is 250 g/mol. The molecule has 3 nitrogen and oxygen atoms in total. The molecule has 2 rings (SSSR count). The first-order chi connectivity index (χ1) is 8.64. The average molecular weight is 250 g/mol. The number of rotatable bonds is 5. The van der Waals surface area contributed by atoms with Crippen molar-refractivity contribution in [2.24, 2.45) is 10.9 Å². The van der Waals surface area contributed by atoms with Crippen molar-refractivity contribution >= 4 is 11.7 Å². The Morgan fingerprint density at radius 2 is 2.06 bits per heavy atom. The van der Waals surface area contributed by atoms with E-state index < -0.39 is 5.54 Å². The zero-order valence-corrected chi connectivity index (χ0v) is 11.8. The molecule has 18 heavy (non-hydrogen) atoms. The molecular formula is C15H26N2O. The van der Waals surface area contributed by atoms with Crippen LogP contribution < -0.4 is 5.32 Å². The second-order valence-corrected chi connectivity index (χ2v) is 6.10. The van der Waals surface area contributed by atoms with Gasteiger partial charge in [0.15, 0.2) is 0 Å². The predicted octanol–water partition coefficient (Wildman–Crippen LogP) is 3.43. The summed E-state index contributed by atoms with van der Waals surface area (Å²) < 4.78 is 0. The van der Waals surface area contributed by atoms with E-state index in [0.717, 1.165) is 31.5 Å². The van der Waals surface area contributed by atoms with E-state index in [1.54, 1.807) is 0 Å². The summed E-state index contributed by atoms with van der Waals surface area (Å²) in [5.41, 5.74) is -0.481. The van der Waals surface area contributed by atoms with Gasteiger partial charge in [-0.05, 0) is 25.7 Å². The quantitative estimate of drug-likeness (QED) is 0.798. The maximum Gasteiger partial charge on any atom is 0.252 e. The van der Waals surface area contributed by atoms with Crippen LogP contribution >= 0.6 is 0 Å². The van der Waals surface area contributed by atoms with Gasteiger partial charge >= 0.3 is 0 Å². The molecule has 0 aromatic carbocycles. The van der Waals surface area contributed by atoms with Gasteiger partial charge in [0.1, 0.15) is 11.4 Å². The number of amidine groups is 1. The van der Waals surface area contributed by atoms with Crippen LogP contribution in [0.2, 0.25) is 0 Å². The Morgan fingerprint density at radius 3 is 2.72 bits per heavy atom. The Labute approximate surface area is 110 Å². The van der Waals surface area contributed by atoms with E-state index in [4.69, 9.17) is 0 Å². The van der Waals surface area contributed by atoms with Crippen molar-refractivity contribution in [3.05, 3.63) is 0 Å². The molecule has 102 valence electrons. The van der Waals surface area contributed by atoms with Gasteiger partial charge in [-0.15, -0.1) is 0 Å². The first kappa shape index (κ1) is 13.6. The molecule has 3 heteroatoms. The van der Waals surface area contributed by atoms with E-state index in [-0.39, 0.29) is 5.91 Å². The number of unbranched alkanes of at least 4 members (excludes halogenated alkanes) is 1. The minimum absolute atomic E-state index is 0.124. The third-order valence-electron chi connectivity index (χ3n) is 4.31. The molecule has 0 saturated heterocycles. The maximum atomic E-state index is 12.1. The average Bonchev–Trinajstić information content (AvgIpc) is 2.63. The molecular weight excluding hydrogens is 224 g/mol. The Morgan fingerprint density at radius 1 is 1.33 bits per heavy atom. The Balaban J connectivity index is 1.95. The lowest BCUT2D eigenvalue weighted by Crippen LogP contribution is -2.39. The molecule has 0 bridgehead atoms. The van der Waals surface area contributed by atoms with E-state index >= 15 is 0 Å². The number of nitrogens with one attached hydrogen (secondary N) is 1. The van der Waals surface area contributed by atoms with Gasteiger partial charge in [0, 0.05) is 6.42 Å². The van der Waals surface area contributed by atoms with E-state index in [0.29, 0.717) is 5.92 Å². The third kappa shape index (κ3) is 3.12. The molecule has 0 aromatic heterocycles. The number of hydrogen-bond acceptors (Lipinski definition) is 2. The van der Waals surface area contributed by atoms with Gasteiger partial charge in [0.05, 0.1) is 0 Å². The summed E-state index contributed by atoms with van der Waals surface area (Å²) in [7, 11) is 0. The molecule has 1 aliphatic heterocycles. The summed E-state index contributed by atoms with van der Waals surface area (Å²) in [5.74, 6) is 1.74. The second-order valence-electron chi connectivity index (χ2n) is 6.10. The second kappa shape index (κ2) is 5.85. The first-order valence-corrected chi connectivity index (χ1v) is 7.54. The van der Waals surface area contributed by atoms with Crippen molar-refractivity contribution in [1.82, 2.24) is 5.32 Å². The van der Waals surface area contributed by atoms with E-state index in [2.05, 4.69) is 17.2 Å². The zero-order chi connectivity index (χ0) is 13.0. The molecule has 1 N–H and O–H groups in total. The van der Waals surface area contributed by atoms with Gasteiger partial charge in [0.25, 0.3) is 5.91 Å². The van der Waals surface area contributed by atoms with Crippen LogP contribution in [-0.4, -0.2) is 17.3 Å². The van der Waals surface area contributed by atoms with Crippen LogP contribution in [0.1, 0.15) is 71.6 Å². The Kier molecular flexibility index (Phi) is 4.41. The lowest BCUT2D eigenvalue weighted by molar-refractivity contribution is -0.123.